The second kappa shape index (κ2) is 8.53. The molecule has 1 N–H and O–H groups in total. The van der Waals surface area contributed by atoms with Crippen LogP contribution in [-0.4, -0.2) is 36.6 Å². The molecule has 1 aliphatic rings. The second-order valence-electron chi connectivity index (χ2n) is 8.53. The number of nitrogens with zero attached hydrogens (tertiary/aromatic N) is 1. The molecule has 1 fully saturated rings. The summed E-state index contributed by atoms with van der Waals surface area (Å²) in [4.78, 5) is 2.81. The first-order chi connectivity index (χ1) is 9.77. The van der Waals surface area contributed by atoms with E-state index in [-0.39, 0.29) is 0 Å². The Morgan fingerprint density at radius 2 is 1.57 bits per heavy atom. The lowest BCUT2D eigenvalue weighted by Gasteiger charge is -2.38. The van der Waals surface area contributed by atoms with Crippen LogP contribution in [0.4, 0.5) is 0 Å². The van der Waals surface area contributed by atoms with Gasteiger partial charge in [0.1, 0.15) is 0 Å². The Balaban J connectivity index is 2.74. The summed E-state index contributed by atoms with van der Waals surface area (Å²) in [6, 6.07) is 1.39. The minimum Gasteiger partial charge on any atom is -0.312 e. The monoisotopic (exact) mass is 296 g/mol. The summed E-state index contributed by atoms with van der Waals surface area (Å²) in [5.41, 5.74) is 0.439. The average Bonchev–Trinajstić information content (AvgIpc) is 2.66. The average molecular weight is 297 g/mol. The zero-order valence-corrected chi connectivity index (χ0v) is 15.7. The van der Waals surface area contributed by atoms with Crippen LogP contribution < -0.4 is 5.32 Å². The third-order valence-electron chi connectivity index (χ3n) is 5.19. The van der Waals surface area contributed by atoms with Crippen molar-refractivity contribution in [2.45, 2.75) is 86.2 Å². The molecule has 0 spiro atoms. The lowest BCUT2D eigenvalue weighted by molar-refractivity contribution is 0.133. The molecule has 0 aliphatic heterocycles. The van der Waals surface area contributed by atoms with Crippen LogP contribution in [-0.2, 0) is 0 Å². The number of hydrogen-bond donors (Lipinski definition) is 1. The third kappa shape index (κ3) is 5.90. The SMILES string of the molecule is CCNC1C(N(CCC(C)C)CCC(C)C)CCC1(C)C. The Hall–Kier alpha value is -0.0800. The zero-order chi connectivity index (χ0) is 16.0. The fourth-order valence-corrected chi connectivity index (χ4v) is 3.68. The summed E-state index contributed by atoms with van der Waals surface area (Å²) in [6.07, 6.45) is 5.37. The summed E-state index contributed by atoms with van der Waals surface area (Å²) in [6.45, 7) is 20.2. The molecule has 1 rings (SSSR count). The van der Waals surface area contributed by atoms with Crippen LogP contribution in [0.2, 0.25) is 0 Å². The van der Waals surface area contributed by atoms with E-state index in [4.69, 9.17) is 0 Å². The van der Waals surface area contributed by atoms with Gasteiger partial charge in [-0.05, 0) is 62.6 Å². The minimum absolute atomic E-state index is 0.439. The standard InChI is InChI=1S/C19H40N2/c1-8-20-18-17(9-12-19(18,6)7)21(13-10-15(2)3)14-11-16(4)5/h15-18,20H,8-14H2,1-7H3. The van der Waals surface area contributed by atoms with Crippen molar-refractivity contribution in [2.75, 3.05) is 19.6 Å². The molecule has 0 bridgehead atoms. The highest BCUT2D eigenvalue weighted by Gasteiger charge is 2.43. The van der Waals surface area contributed by atoms with Crippen LogP contribution in [0.15, 0.2) is 0 Å². The van der Waals surface area contributed by atoms with Crippen LogP contribution in [0, 0.1) is 17.3 Å². The number of rotatable bonds is 9. The van der Waals surface area contributed by atoms with E-state index in [1.54, 1.807) is 0 Å². The van der Waals surface area contributed by atoms with Crippen LogP contribution in [0.3, 0.4) is 0 Å². The van der Waals surface area contributed by atoms with Gasteiger partial charge < -0.3 is 5.32 Å². The van der Waals surface area contributed by atoms with E-state index in [0.29, 0.717) is 11.5 Å². The number of likely N-dealkylation sites (N-methyl/N-ethyl adjacent to an activating group) is 1. The minimum atomic E-state index is 0.439. The molecule has 2 atom stereocenters. The van der Waals surface area contributed by atoms with Gasteiger partial charge in [0.05, 0.1) is 0 Å². The molecule has 1 saturated carbocycles. The van der Waals surface area contributed by atoms with Crippen molar-refractivity contribution >= 4 is 0 Å². The van der Waals surface area contributed by atoms with Crippen molar-refractivity contribution in [1.82, 2.24) is 10.2 Å². The van der Waals surface area contributed by atoms with Gasteiger partial charge in [-0.1, -0.05) is 48.5 Å². The fraction of sp³-hybridized carbons (Fsp3) is 1.00. The van der Waals surface area contributed by atoms with E-state index in [9.17, 15) is 0 Å². The first kappa shape index (κ1) is 19.0. The molecule has 2 heteroatoms. The largest absolute Gasteiger partial charge is 0.312 e. The van der Waals surface area contributed by atoms with Crippen molar-refractivity contribution in [3.05, 3.63) is 0 Å². The van der Waals surface area contributed by atoms with Gasteiger partial charge in [0, 0.05) is 12.1 Å². The smallest absolute Gasteiger partial charge is 0.0274 e. The van der Waals surface area contributed by atoms with Gasteiger partial charge >= 0.3 is 0 Å². The van der Waals surface area contributed by atoms with Gasteiger partial charge in [0.25, 0.3) is 0 Å². The van der Waals surface area contributed by atoms with Gasteiger partial charge in [-0.15, -0.1) is 0 Å². The van der Waals surface area contributed by atoms with Crippen molar-refractivity contribution in [3.8, 4) is 0 Å². The van der Waals surface area contributed by atoms with E-state index in [0.717, 1.165) is 24.4 Å². The lowest BCUT2D eigenvalue weighted by atomic mass is 9.86. The zero-order valence-electron chi connectivity index (χ0n) is 15.7. The molecule has 0 aromatic heterocycles. The van der Waals surface area contributed by atoms with Crippen LogP contribution in [0.5, 0.6) is 0 Å². The molecule has 0 radical (unpaired) electrons. The second-order valence-corrected chi connectivity index (χ2v) is 8.53. The molecular formula is C19H40N2. The van der Waals surface area contributed by atoms with Gasteiger partial charge in [-0.3, -0.25) is 4.90 Å². The highest BCUT2D eigenvalue weighted by molar-refractivity contribution is 5.01. The molecule has 21 heavy (non-hydrogen) atoms. The van der Waals surface area contributed by atoms with Crippen LogP contribution in [0.25, 0.3) is 0 Å². The van der Waals surface area contributed by atoms with Crippen LogP contribution in [0.1, 0.15) is 74.1 Å². The lowest BCUT2D eigenvalue weighted by Crippen LogP contribution is -2.52. The highest BCUT2D eigenvalue weighted by atomic mass is 15.2. The molecule has 126 valence electrons. The Kier molecular flexibility index (Phi) is 7.70. The van der Waals surface area contributed by atoms with Crippen molar-refractivity contribution < 1.29 is 0 Å². The normalized spacial score (nSPS) is 25.4. The van der Waals surface area contributed by atoms with E-state index < -0.39 is 0 Å². The molecule has 0 saturated heterocycles. The summed E-state index contributed by atoms with van der Waals surface area (Å²) < 4.78 is 0. The quantitative estimate of drug-likeness (QED) is 0.671. The summed E-state index contributed by atoms with van der Waals surface area (Å²) >= 11 is 0. The Labute approximate surface area is 134 Å². The molecule has 2 unspecified atom stereocenters. The molecule has 0 aromatic carbocycles. The fourth-order valence-electron chi connectivity index (χ4n) is 3.68. The van der Waals surface area contributed by atoms with E-state index >= 15 is 0 Å². The first-order valence-corrected chi connectivity index (χ1v) is 9.25. The van der Waals surface area contributed by atoms with Crippen molar-refractivity contribution in [2.24, 2.45) is 17.3 Å². The predicted molar refractivity (Wildman–Crippen MR) is 94.8 cm³/mol. The highest BCUT2D eigenvalue weighted by Crippen LogP contribution is 2.40. The van der Waals surface area contributed by atoms with Crippen molar-refractivity contribution in [1.29, 1.82) is 0 Å². The van der Waals surface area contributed by atoms with E-state index in [2.05, 4.69) is 58.7 Å². The Bertz CT molecular complexity index is 271. The molecular weight excluding hydrogens is 256 g/mol. The number of hydrogen-bond acceptors (Lipinski definition) is 2. The molecule has 0 heterocycles. The molecule has 0 aromatic rings. The first-order valence-electron chi connectivity index (χ1n) is 9.25. The topological polar surface area (TPSA) is 15.3 Å². The van der Waals surface area contributed by atoms with Gasteiger partial charge in [-0.25, -0.2) is 0 Å². The van der Waals surface area contributed by atoms with Crippen molar-refractivity contribution in [3.63, 3.8) is 0 Å². The Morgan fingerprint density at radius 3 is 2.00 bits per heavy atom. The molecule has 2 nitrogen and oxygen atoms in total. The summed E-state index contributed by atoms with van der Waals surface area (Å²) in [5, 5.41) is 3.80. The predicted octanol–water partition coefficient (Wildman–Crippen LogP) is 4.55. The maximum absolute atomic E-state index is 3.80. The summed E-state index contributed by atoms with van der Waals surface area (Å²) in [7, 11) is 0. The third-order valence-corrected chi connectivity index (χ3v) is 5.19. The van der Waals surface area contributed by atoms with Gasteiger partial charge in [0.15, 0.2) is 0 Å². The molecule has 1 aliphatic carbocycles. The molecule has 0 amide bonds. The maximum Gasteiger partial charge on any atom is 0.0274 e. The van der Waals surface area contributed by atoms with Gasteiger partial charge in [0.2, 0.25) is 0 Å². The van der Waals surface area contributed by atoms with E-state index in [1.165, 1.54) is 38.8 Å². The maximum atomic E-state index is 3.80. The van der Waals surface area contributed by atoms with Gasteiger partial charge in [-0.2, -0.15) is 0 Å². The number of nitrogens with one attached hydrogen (secondary N) is 1. The Morgan fingerprint density at radius 1 is 1.05 bits per heavy atom. The summed E-state index contributed by atoms with van der Waals surface area (Å²) in [5.74, 6) is 1.61. The van der Waals surface area contributed by atoms with E-state index in [1.807, 2.05) is 0 Å². The van der Waals surface area contributed by atoms with Crippen LogP contribution >= 0.6 is 0 Å².